The number of imidazole rings is 1. The van der Waals surface area contributed by atoms with Crippen LogP contribution in [0.1, 0.15) is 11.4 Å². The van der Waals surface area contributed by atoms with Gasteiger partial charge in [-0.25, -0.2) is 4.98 Å². The molecule has 0 amide bonds. The Morgan fingerprint density at radius 3 is 3.00 bits per heavy atom. The molecule has 1 aromatic carbocycles. The highest BCUT2D eigenvalue weighted by Crippen LogP contribution is 2.12. The second kappa shape index (κ2) is 4.28. The van der Waals surface area contributed by atoms with Crippen molar-refractivity contribution in [1.82, 2.24) is 9.55 Å². The quantitative estimate of drug-likeness (QED) is 0.821. The topological polar surface area (TPSA) is 43.8 Å². The van der Waals surface area contributed by atoms with Crippen LogP contribution in [-0.4, -0.2) is 16.1 Å². The fourth-order valence-corrected chi connectivity index (χ4v) is 1.66. The van der Waals surface area contributed by atoms with E-state index < -0.39 is 0 Å². The maximum atomic E-state index is 5.54. The van der Waals surface area contributed by atoms with Crippen LogP contribution in [0.3, 0.4) is 0 Å². The first-order chi connectivity index (χ1) is 7.31. The number of aromatic nitrogens is 2. The average molecular weight is 201 g/mol. The van der Waals surface area contributed by atoms with Crippen LogP contribution in [0, 0.1) is 6.92 Å². The highest BCUT2D eigenvalue weighted by atomic mass is 15.1. The van der Waals surface area contributed by atoms with Crippen molar-refractivity contribution in [2.45, 2.75) is 13.3 Å². The third-order valence-electron chi connectivity index (χ3n) is 2.37. The SMILES string of the molecule is Cc1cccc(-n2ccnc2CCN)c1. The summed E-state index contributed by atoms with van der Waals surface area (Å²) in [7, 11) is 0. The smallest absolute Gasteiger partial charge is 0.114 e. The Morgan fingerprint density at radius 1 is 1.40 bits per heavy atom. The molecular formula is C12H15N3. The molecule has 0 saturated heterocycles. The summed E-state index contributed by atoms with van der Waals surface area (Å²) in [6.07, 6.45) is 4.59. The van der Waals surface area contributed by atoms with Gasteiger partial charge < -0.3 is 10.3 Å². The van der Waals surface area contributed by atoms with Gasteiger partial charge in [0, 0.05) is 24.5 Å². The van der Waals surface area contributed by atoms with Crippen molar-refractivity contribution in [3.05, 3.63) is 48.0 Å². The lowest BCUT2D eigenvalue weighted by molar-refractivity contribution is 0.837. The average Bonchev–Trinajstić information content (AvgIpc) is 2.66. The van der Waals surface area contributed by atoms with Gasteiger partial charge in [-0.2, -0.15) is 0 Å². The molecule has 0 saturated carbocycles. The molecule has 3 nitrogen and oxygen atoms in total. The van der Waals surface area contributed by atoms with Crippen LogP contribution in [0.25, 0.3) is 5.69 Å². The Labute approximate surface area is 89.6 Å². The predicted octanol–water partition coefficient (Wildman–Crippen LogP) is 1.68. The zero-order chi connectivity index (χ0) is 10.7. The fourth-order valence-electron chi connectivity index (χ4n) is 1.66. The molecule has 3 heteroatoms. The van der Waals surface area contributed by atoms with E-state index in [0.717, 1.165) is 17.9 Å². The molecule has 2 N–H and O–H groups in total. The van der Waals surface area contributed by atoms with Gasteiger partial charge >= 0.3 is 0 Å². The van der Waals surface area contributed by atoms with Crippen molar-refractivity contribution >= 4 is 0 Å². The molecule has 0 radical (unpaired) electrons. The molecule has 78 valence electrons. The van der Waals surface area contributed by atoms with Crippen molar-refractivity contribution in [3.8, 4) is 5.69 Å². The minimum Gasteiger partial charge on any atom is -0.330 e. The van der Waals surface area contributed by atoms with Gasteiger partial charge in [-0.3, -0.25) is 0 Å². The third kappa shape index (κ3) is 2.07. The van der Waals surface area contributed by atoms with Crippen LogP contribution in [0.4, 0.5) is 0 Å². The first-order valence-electron chi connectivity index (χ1n) is 5.10. The predicted molar refractivity (Wildman–Crippen MR) is 61.1 cm³/mol. The molecule has 0 unspecified atom stereocenters. The largest absolute Gasteiger partial charge is 0.330 e. The summed E-state index contributed by atoms with van der Waals surface area (Å²) in [5.41, 5.74) is 7.94. The summed E-state index contributed by atoms with van der Waals surface area (Å²) in [5.74, 6) is 1.02. The Bertz CT molecular complexity index is 446. The number of nitrogens with two attached hydrogens (primary N) is 1. The second-order valence-electron chi connectivity index (χ2n) is 3.59. The van der Waals surface area contributed by atoms with Crippen molar-refractivity contribution in [2.24, 2.45) is 5.73 Å². The number of benzene rings is 1. The molecule has 2 rings (SSSR count). The molecule has 0 atom stereocenters. The van der Waals surface area contributed by atoms with Crippen LogP contribution in [0.5, 0.6) is 0 Å². The van der Waals surface area contributed by atoms with Crippen LogP contribution in [0.2, 0.25) is 0 Å². The molecule has 0 aliphatic heterocycles. The van der Waals surface area contributed by atoms with Crippen LogP contribution >= 0.6 is 0 Å². The van der Waals surface area contributed by atoms with Gasteiger partial charge in [-0.05, 0) is 31.2 Å². The van der Waals surface area contributed by atoms with Gasteiger partial charge in [0.1, 0.15) is 5.82 Å². The highest BCUT2D eigenvalue weighted by molar-refractivity contribution is 5.36. The number of rotatable bonds is 3. The standard InChI is InChI=1S/C12H15N3/c1-10-3-2-4-11(9-10)15-8-7-14-12(15)5-6-13/h2-4,7-9H,5-6,13H2,1H3. The van der Waals surface area contributed by atoms with Crippen LogP contribution in [0.15, 0.2) is 36.7 Å². The van der Waals surface area contributed by atoms with E-state index in [9.17, 15) is 0 Å². The maximum Gasteiger partial charge on any atom is 0.114 e. The van der Waals surface area contributed by atoms with E-state index in [0.29, 0.717) is 6.54 Å². The first-order valence-corrected chi connectivity index (χ1v) is 5.10. The zero-order valence-corrected chi connectivity index (χ0v) is 8.85. The van der Waals surface area contributed by atoms with Gasteiger partial charge in [0.2, 0.25) is 0 Å². The summed E-state index contributed by atoms with van der Waals surface area (Å²) >= 11 is 0. The molecule has 0 bridgehead atoms. The summed E-state index contributed by atoms with van der Waals surface area (Å²) in [6.45, 7) is 2.71. The van der Waals surface area contributed by atoms with Gasteiger partial charge in [0.25, 0.3) is 0 Å². The van der Waals surface area contributed by atoms with E-state index in [2.05, 4.69) is 40.7 Å². The van der Waals surface area contributed by atoms with E-state index in [1.807, 2.05) is 12.4 Å². The monoisotopic (exact) mass is 201 g/mol. The summed E-state index contributed by atoms with van der Waals surface area (Å²) < 4.78 is 2.08. The van der Waals surface area contributed by atoms with E-state index in [1.54, 1.807) is 0 Å². The summed E-state index contributed by atoms with van der Waals surface area (Å²) in [4.78, 5) is 4.29. The minimum absolute atomic E-state index is 0.628. The Balaban J connectivity index is 2.40. The molecule has 0 spiro atoms. The first kappa shape index (κ1) is 9.93. The minimum atomic E-state index is 0.628. The molecular weight excluding hydrogens is 186 g/mol. The van der Waals surface area contributed by atoms with Crippen molar-refractivity contribution in [2.75, 3.05) is 6.54 Å². The van der Waals surface area contributed by atoms with Crippen LogP contribution < -0.4 is 5.73 Å². The van der Waals surface area contributed by atoms with E-state index in [1.165, 1.54) is 5.56 Å². The lowest BCUT2D eigenvalue weighted by Crippen LogP contribution is -2.08. The summed E-state index contributed by atoms with van der Waals surface area (Å²) in [5, 5.41) is 0. The van der Waals surface area contributed by atoms with Crippen LogP contribution in [-0.2, 0) is 6.42 Å². The Kier molecular flexibility index (Phi) is 2.83. The second-order valence-corrected chi connectivity index (χ2v) is 3.59. The van der Waals surface area contributed by atoms with Crippen molar-refractivity contribution < 1.29 is 0 Å². The number of nitrogens with zero attached hydrogens (tertiary/aromatic N) is 2. The normalized spacial score (nSPS) is 10.5. The fraction of sp³-hybridized carbons (Fsp3) is 0.250. The Morgan fingerprint density at radius 2 is 2.27 bits per heavy atom. The zero-order valence-electron chi connectivity index (χ0n) is 8.85. The lowest BCUT2D eigenvalue weighted by atomic mass is 10.2. The van der Waals surface area contributed by atoms with Gasteiger partial charge in [0.15, 0.2) is 0 Å². The van der Waals surface area contributed by atoms with E-state index in [-0.39, 0.29) is 0 Å². The van der Waals surface area contributed by atoms with E-state index in [4.69, 9.17) is 5.73 Å². The number of hydrogen-bond acceptors (Lipinski definition) is 2. The Hall–Kier alpha value is -1.61. The highest BCUT2D eigenvalue weighted by Gasteiger charge is 2.03. The summed E-state index contributed by atoms with van der Waals surface area (Å²) in [6, 6.07) is 8.36. The third-order valence-corrected chi connectivity index (χ3v) is 2.37. The lowest BCUT2D eigenvalue weighted by Gasteiger charge is -2.07. The molecule has 15 heavy (non-hydrogen) atoms. The van der Waals surface area contributed by atoms with Gasteiger partial charge in [-0.1, -0.05) is 12.1 Å². The molecule has 0 fully saturated rings. The molecule has 1 heterocycles. The van der Waals surface area contributed by atoms with Gasteiger partial charge in [-0.15, -0.1) is 0 Å². The molecule has 1 aromatic heterocycles. The molecule has 0 aliphatic rings. The van der Waals surface area contributed by atoms with Crippen molar-refractivity contribution in [1.29, 1.82) is 0 Å². The van der Waals surface area contributed by atoms with E-state index >= 15 is 0 Å². The number of hydrogen-bond donors (Lipinski definition) is 1. The maximum absolute atomic E-state index is 5.54. The molecule has 0 aliphatic carbocycles. The molecule has 2 aromatic rings. The van der Waals surface area contributed by atoms with Crippen molar-refractivity contribution in [3.63, 3.8) is 0 Å². The number of aryl methyl sites for hydroxylation is 1. The van der Waals surface area contributed by atoms with Gasteiger partial charge in [0.05, 0.1) is 0 Å².